The molecular weight excluding hydrogens is 270 g/mol. The van der Waals surface area contributed by atoms with Gasteiger partial charge in [0.05, 0.1) is 0 Å². The minimum Gasteiger partial charge on any atom is -0.335 e. The Labute approximate surface area is 123 Å². The second kappa shape index (κ2) is 4.74. The summed E-state index contributed by atoms with van der Waals surface area (Å²) < 4.78 is 0. The molecule has 1 aromatic rings. The Kier molecular flexibility index (Phi) is 3.00. The van der Waals surface area contributed by atoms with E-state index in [1.165, 1.54) is 31.4 Å². The molecule has 1 saturated carbocycles. The summed E-state index contributed by atoms with van der Waals surface area (Å²) in [5, 5.41) is 7.47. The summed E-state index contributed by atoms with van der Waals surface area (Å²) in [5.41, 5.74) is 1.81. The normalized spacial score (nSPS) is 24.9. The number of hydrogen-bond donors (Lipinski definition) is 1. The lowest BCUT2D eigenvalue weighted by Gasteiger charge is -2.48. The first kappa shape index (κ1) is 12.7. The smallest absolute Gasteiger partial charge is 0.317 e. The fourth-order valence-corrected chi connectivity index (χ4v) is 4.12. The Morgan fingerprint density at radius 2 is 2.25 bits per heavy atom. The number of carbonyl (C=O) groups excluding carboxylic acids is 1. The molecule has 1 N–H and O–H groups in total. The molecule has 3 fully saturated rings. The lowest BCUT2D eigenvalue weighted by Crippen LogP contribution is -2.61. The van der Waals surface area contributed by atoms with Crippen LogP contribution in [0.25, 0.3) is 0 Å². The minimum absolute atomic E-state index is 0.161. The van der Waals surface area contributed by atoms with E-state index in [1.807, 2.05) is 4.90 Å². The fraction of sp³-hybridized carbons (Fsp3) is 0.667. The maximum atomic E-state index is 12.0. The van der Waals surface area contributed by atoms with E-state index in [9.17, 15) is 4.79 Å². The molecular formula is C15H21N3OS. The quantitative estimate of drug-likeness (QED) is 0.926. The summed E-state index contributed by atoms with van der Waals surface area (Å²) >= 11 is 1.77. The zero-order chi connectivity index (χ0) is 13.6. The third kappa shape index (κ3) is 2.44. The summed E-state index contributed by atoms with van der Waals surface area (Å²) in [5.74, 6) is 0. The van der Waals surface area contributed by atoms with Crippen LogP contribution in [0.5, 0.6) is 0 Å². The van der Waals surface area contributed by atoms with Gasteiger partial charge in [-0.1, -0.05) is 0 Å². The van der Waals surface area contributed by atoms with Gasteiger partial charge in [-0.25, -0.2) is 4.79 Å². The number of carbonyl (C=O) groups is 1. The van der Waals surface area contributed by atoms with E-state index < -0.39 is 0 Å². The highest BCUT2D eigenvalue weighted by molar-refractivity contribution is 7.07. The molecule has 2 aliphatic heterocycles. The molecule has 20 heavy (non-hydrogen) atoms. The van der Waals surface area contributed by atoms with Gasteiger partial charge in [-0.2, -0.15) is 11.3 Å². The van der Waals surface area contributed by atoms with Crippen molar-refractivity contribution in [3.8, 4) is 0 Å². The SMILES string of the molecule is O=C(NC1CC1)N1CC2(CCN(Cc3ccsc3)C2)C1. The van der Waals surface area contributed by atoms with Crippen LogP contribution in [0.15, 0.2) is 16.8 Å². The molecule has 0 atom stereocenters. The summed E-state index contributed by atoms with van der Waals surface area (Å²) in [6, 6.07) is 2.85. The molecule has 2 saturated heterocycles. The Hall–Kier alpha value is -1.07. The van der Waals surface area contributed by atoms with Gasteiger partial charge in [-0.3, -0.25) is 4.90 Å². The Morgan fingerprint density at radius 3 is 2.95 bits per heavy atom. The van der Waals surface area contributed by atoms with Crippen LogP contribution in [0, 0.1) is 5.41 Å². The van der Waals surface area contributed by atoms with Crippen LogP contribution >= 0.6 is 11.3 Å². The van der Waals surface area contributed by atoms with Gasteiger partial charge in [0.25, 0.3) is 0 Å². The number of thiophene rings is 1. The molecule has 4 rings (SSSR count). The minimum atomic E-state index is 0.161. The van der Waals surface area contributed by atoms with Crippen molar-refractivity contribution in [3.05, 3.63) is 22.4 Å². The van der Waals surface area contributed by atoms with Crippen molar-refractivity contribution in [1.29, 1.82) is 0 Å². The van der Waals surface area contributed by atoms with E-state index in [1.54, 1.807) is 11.3 Å². The molecule has 108 valence electrons. The van der Waals surface area contributed by atoms with Crippen LogP contribution in [0.3, 0.4) is 0 Å². The lowest BCUT2D eigenvalue weighted by molar-refractivity contribution is 0.0379. The molecule has 1 aromatic heterocycles. The highest BCUT2D eigenvalue weighted by atomic mass is 32.1. The number of hydrogen-bond acceptors (Lipinski definition) is 3. The fourth-order valence-electron chi connectivity index (χ4n) is 3.46. The summed E-state index contributed by atoms with van der Waals surface area (Å²) in [6.45, 7) is 5.29. The zero-order valence-electron chi connectivity index (χ0n) is 11.7. The molecule has 0 radical (unpaired) electrons. The maximum absolute atomic E-state index is 12.0. The largest absolute Gasteiger partial charge is 0.335 e. The van der Waals surface area contributed by atoms with E-state index in [-0.39, 0.29) is 6.03 Å². The maximum Gasteiger partial charge on any atom is 0.317 e. The van der Waals surface area contributed by atoms with Gasteiger partial charge in [0.2, 0.25) is 0 Å². The summed E-state index contributed by atoms with van der Waals surface area (Å²) in [4.78, 5) is 16.5. The Morgan fingerprint density at radius 1 is 1.40 bits per heavy atom. The number of rotatable bonds is 3. The van der Waals surface area contributed by atoms with Gasteiger partial charge in [0.1, 0.15) is 0 Å². The molecule has 0 bridgehead atoms. The van der Waals surface area contributed by atoms with Gasteiger partial charge < -0.3 is 10.2 Å². The van der Waals surface area contributed by atoms with Crippen molar-refractivity contribution in [1.82, 2.24) is 15.1 Å². The van der Waals surface area contributed by atoms with Gasteiger partial charge in [-0.05, 0) is 48.2 Å². The van der Waals surface area contributed by atoms with Crippen LogP contribution in [0.4, 0.5) is 4.79 Å². The molecule has 0 aromatic carbocycles. The molecule has 1 aliphatic carbocycles. The Balaban J connectivity index is 1.27. The number of nitrogens with one attached hydrogen (secondary N) is 1. The highest BCUT2D eigenvalue weighted by Crippen LogP contribution is 2.40. The van der Waals surface area contributed by atoms with Crippen molar-refractivity contribution < 1.29 is 4.79 Å². The Bertz CT molecular complexity index is 491. The molecule has 3 heterocycles. The number of urea groups is 1. The number of likely N-dealkylation sites (tertiary alicyclic amines) is 2. The van der Waals surface area contributed by atoms with E-state index in [2.05, 4.69) is 27.0 Å². The van der Waals surface area contributed by atoms with E-state index >= 15 is 0 Å². The van der Waals surface area contributed by atoms with Crippen molar-refractivity contribution in [3.63, 3.8) is 0 Å². The van der Waals surface area contributed by atoms with Crippen LogP contribution in [0.2, 0.25) is 0 Å². The average molecular weight is 291 g/mol. The predicted octanol–water partition coefficient (Wildman–Crippen LogP) is 2.13. The summed E-state index contributed by atoms with van der Waals surface area (Å²) in [7, 11) is 0. The first-order chi connectivity index (χ1) is 9.72. The van der Waals surface area contributed by atoms with Gasteiger partial charge in [0.15, 0.2) is 0 Å². The molecule has 0 unspecified atom stereocenters. The first-order valence-corrected chi connectivity index (χ1v) is 8.46. The van der Waals surface area contributed by atoms with Crippen molar-refractivity contribution in [2.75, 3.05) is 26.2 Å². The van der Waals surface area contributed by atoms with Gasteiger partial charge in [-0.15, -0.1) is 0 Å². The molecule has 4 nitrogen and oxygen atoms in total. The predicted molar refractivity (Wildman–Crippen MR) is 79.8 cm³/mol. The second-order valence-corrected chi connectivity index (χ2v) is 7.45. The monoisotopic (exact) mass is 291 g/mol. The van der Waals surface area contributed by atoms with Crippen LogP contribution in [-0.4, -0.2) is 48.1 Å². The number of amides is 2. The van der Waals surface area contributed by atoms with E-state index in [4.69, 9.17) is 0 Å². The molecule has 3 aliphatic rings. The molecule has 2 amide bonds. The van der Waals surface area contributed by atoms with E-state index in [0.717, 1.165) is 26.2 Å². The van der Waals surface area contributed by atoms with Crippen LogP contribution in [0.1, 0.15) is 24.8 Å². The topological polar surface area (TPSA) is 35.6 Å². The van der Waals surface area contributed by atoms with Crippen LogP contribution in [-0.2, 0) is 6.54 Å². The van der Waals surface area contributed by atoms with Crippen molar-refractivity contribution in [2.24, 2.45) is 5.41 Å². The zero-order valence-corrected chi connectivity index (χ0v) is 12.5. The van der Waals surface area contributed by atoms with Crippen LogP contribution < -0.4 is 5.32 Å². The van der Waals surface area contributed by atoms with Gasteiger partial charge >= 0.3 is 6.03 Å². The van der Waals surface area contributed by atoms with Crippen molar-refractivity contribution in [2.45, 2.75) is 31.8 Å². The third-order valence-electron chi connectivity index (χ3n) is 4.75. The summed E-state index contributed by atoms with van der Waals surface area (Å²) in [6.07, 6.45) is 3.57. The van der Waals surface area contributed by atoms with E-state index in [0.29, 0.717) is 11.5 Å². The standard InChI is InChI=1S/C15H21N3OS/c19-14(16-13-1-2-13)18-10-15(11-18)4-5-17(9-15)7-12-3-6-20-8-12/h3,6,8,13H,1-2,4-5,7,9-11H2,(H,16,19). The molecule has 5 heteroatoms. The average Bonchev–Trinajstić information content (AvgIpc) is 2.91. The highest BCUT2D eigenvalue weighted by Gasteiger charge is 2.49. The lowest BCUT2D eigenvalue weighted by atomic mass is 9.79. The molecule has 1 spiro atoms. The second-order valence-electron chi connectivity index (χ2n) is 6.67. The third-order valence-corrected chi connectivity index (χ3v) is 5.48. The van der Waals surface area contributed by atoms with Gasteiger partial charge in [0, 0.05) is 37.6 Å². The number of nitrogens with zero attached hydrogens (tertiary/aromatic N) is 2. The van der Waals surface area contributed by atoms with Crippen molar-refractivity contribution >= 4 is 17.4 Å². The first-order valence-electron chi connectivity index (χ1n) is 7.51.